The Morgan fingerprint density at radius 3 is 2.62 bits per heavy atom. The normalized spacial score (nSPS) is 26.1. The van der Waals surface area contributed by atoms with Crippen LogP contribution < -0.4 is 5.32 Å². The fraction of sp³-hybridized carbons (Fsp3) is 1.00. The summed E-state index contributed by atoms with van der Waals surface area (Å²) in [6, 6.07) is 0.634. The summed E-state index contributed by atoms with van der Waals surface area (Å²) in [6.07, 6.45) is 5.61. The van der Waals surface area contributed by atoms with Gasteiger partial charge in [-0.2, -0.15) is 0 Å². The minimum atomic E-state index is -2.76. The molecule has 3 nitrogen and oxygen atoms in total. The Balaban J connectivity index is 2.21. The second kappa shape index (κ2) is 6.60. The molecule has 0 aromatic heterocycles. The lowest BCUT2D eigenvalue weighted by Gasteiger charge is -2.12. The molecule has 0 radical (unpaired) electrons. The average Bonchev–Trinajstić information content (AvgIpc) is 2.72. The van der Waals surface area contributed by atoms with E-state index in [-0.39, 0.29) is 5.75 Å². The van der Waals surface area contributed by atoms with Crippen molar-refractivity contribution in [1.29, 1.82) is 0 Å². The second-order valence-corrected chi connectivity index (χ2v) is 7.33. The Hall–Kier alpha value is -0.0900. The Morgan fingerprint density at radius 1 is 1.25 bits per heavy atom. The van der Waals surface area contributed by atoms with Crippen LogP contribution in [0.15, 0.2) is 0 Å². The topological polar surface area (TPSA) is 46.2 Å². The molecule has 0 heterocycles. The number of hydrogen-bond acceptors (Lipinski definition) is 3. The van der Waals surface area contributed by atoms with Crippen LogP contribution in [0.2, 0.25) is 0 Å². The lowest BCUT2D eigenvalue weighted by molar-refractivity contribution is 0.475. The van der Waals surface area contributed by atoms with E-state index in [9.17, 15) is 8.42 Å². The van der Waals surface area contributed by atoms with Gasteiger partial charge < -0.3 is 5.32 Å². The Bertz CT molecular complexity index is 287. The molecule has 0 bridgehead atoms. The molecule has 0 spiro atoms. The van der Waals surface area contributed by atoms with Crippen LogP contribution in [0.3, 0.4) is 0 Å². The molecule has 0 aliphatic heterocycles. The van der Waals surface area contributed by atoms with Crippen LogP contribution in [0.25, 0.3) is 0 Å². The molecular weight excluding hydrogens is 222 g/mol. The van der Waals surface area contributed by atoms with Crippen molar-refractivity contribution >= 4 is 9.84 Å². The minimum Gasteiger partial charge on any atom is -0.314 e. The zero-order valence-electron chi connectivity index (χ0n) is 10.5. The summed E-state index contributed by atoms with van der Waals surface area (Å²) in [5, 5.41) is 3.52. The van der Waals surface area contributed by atoms with Gasteiger partial charge in [-0.3, -0.25) is 0 Å². The van der Waals surface area contributed by atoms with Crippen molar-refractivity contribution < 1.29 is 8.42 Å². The van der Waals surface area contributed by atoms with E-state index < -0.39 is 9.84 Å². The first-order valence-corrected chi connectivity index (χ1v) is 8.33. The average molecular weight is 247 g/mol. The summed E-state index contributed by atoms with van der Waals surface area (Å²) in [5.41, 5.74) is 0. The fourth-order valence-corrected chi connectivity index (χ4v) is 3.34. The summed E-state index contributed by atoms with van der Waals surface area (Å²) in [7, 11) is -2.76. The van der Waals surface area contributed by atoms with E-state index in [1.165, 1.54) is 25.7 Å². The predicted molar refractivity (Wildman–Crippen MR) is 68.4 cm³/mol. The summed E-state index contributed by atoms with van der Waals surface area (Å²) < 4.78 is 22.8. The first kappa shape index (κ1) is 14.0. The van der Waals surface area contributed by atoms with Crippen LogP contribution >= 0.6 is 0 Å². The van der Waals surface area contributed by atoms with Crippen LogP contribution in [0.1, 0.15) is 46.0 Å². The van der Waals surface area contributed by atoms with Crippen molar-refractivity contribution in [1.82, 2.24) is 5.32 Å². The van der Waals surface area contributed by atoms with Crippen molar-refractivity contribution in [2.24, 2.45) is 5.92 Å². The summed E-state index contributed by atoms with van der Waals surface area (Å²) in [5.74, 6) is 1.29. The third-order valence-corrected chi connectivity index (χ3v) is 5.24. The minimum absolute atomic E-state index is 0.289. The van der Waals surface area contributed by atoms with Gasteiger partial charge in [0, 0.05) is 11.8 Å². The molecule has 0 saturated heterocycles. The molecule has 96 valence electrons. The molecule has 0 amide bonds. The quantitative estimate of drug-likeness (QED) is 0.748. The lowest BCUT2D eigenvalue weighted by Crippen LogP contribution is -2.27. The zero-order chi connectivity index (χ0) is 12.0. The highest BCUT2D eigenvalue weighted by molar-refractivity contribution is 7.91. The van der Waals surface area contributed by atoms with Crippen LogP contribution in [0.4, 0.5) is 0 Å². The van der Waals surface area contributed by atoms with Gasteiger partial charge >= 0.3 is 0 Å². The van der Waals surface area contributed by atoms with E-state index in [1.807, 2.05) is 0 Å². The number of rotatable bonds is 7. The molecular formula is C12H25NO2S. The predicted octanol–water partition coefficient (Wildman–Crippen LogP) is 1.98. The van der Waals surface area contributed by atoms with Crippen molar-refractivity contribution in [3.05, 3.63) is 0 Å². The third kappa shape index (κ3) is 4.83. The monoisotopic (exact) mass is 247 g/mol. The summed E-state index contributed by atoms with van der Waals surface area (Å²) in [4.78, 5) is 0. The van der Waals surface area contributed by atoms with E-state index in [0.29, 0.717) is 17.7 Å². The van der Waals surface area contributed by atoms with Crippen molar-refractivity contribution in [3.63, 3.8) is 0 Å². The zero-order valence-corrected chi connectivity index (χ0v) is 11.4. The van der Waals surface area contributed by atoms with Crippen LogP contribution in [-0.2, 0) is 9.84 Å². The standard InChI is InChI=1S/C12H25NO2S/c1-3-8-13-12-6-5-11(10-12)7-9-16(14,15)4-2/h11-13H,3-10H2,1-2H3. The van der Waals surface area contributed by atoms with Gasteiger partial charge in [-0.1, -0.05) is 13.8 Å². The highest BCUT2D eigenvalue weighted by atomic mass is 32.2. The van der Waals surface area contributed by atoms with Crippen LogP contribution in [0, 0.1) is 5.92 Å². The Morgan fingerprint density at radius 2 is 2.00 bits per heavy atom. The Kier molecular flexibility index (Phi) is 5.76. The van der Waals surface area contributed by atoms with Crippen LogP contribution in [0.5, 0.6) is 0 Å². The molecule has 0 aromatic rings. The molecule has 1 N–H and O–H groups in total. The van der Waals surface area contributed by atoms with Gasteiger partial charge in [0.15, 0.2) is 0 Å². The number of sulfone groups is 1. The van der Waals surface area contributed by atoms with E-state index in [0.717, 1.165) is 13.0 Å². The van der Waals surface area contributed by atoms with E-state index in [4.69, 9.17) is 0 Å². The van der Waals surface area contributed by atoms with Crippen LogP contribution in [-0.4, -0.2) is 32.5 Å². The molecule has 16 heavy (non-hydrogen) atoms. The molecule has 0 aromatic carbocycles. The highest BCUT2D eigenvalue weighted by Gasteiger charge is 2.24. The van der Waals surface area contributed by atoms with E-state index >= 15 is 0 Å². The molecule has 1 saturated carbocycles. The Labute approximate surface area is 99.9 Å². The van der Waals surface area contributed by atoms with Gasteiger partial charge in [0.1, 0.15) is 9.84 Å². The largest absolute Gasteiger partial charge is 0.314 e. The lowest BCUT2D eigenvalue weighted by atomic mass is 10.1. The maximum atomic E-state index is 11.4. The van der Waals surface area contributed by atoms with Gasteiger partial charge in [0.25, 0.3) is 0 Å². The molecule has 1 rings (SSSR count). The first-order valence-electron chi connectivity index (χ1n) is 6.51. The fourth-order valence-electron chi connectivity index (χ4n) is 2.36. The smallest absolute Gasteiger partial charge is 0.150 e. The third-order valence-electron chi connectivity index (χ3n) is 3.50. The molecule has 1 aliphatic rings. The highest BCUT2D eigenvalue weighted by Crippen LogP contribution is 2.28. The van der Waals surface area contributed by atoms with E-state index in [2.05, 4.69) is 12.2 Å². The van der Waals surface area contributed by atoms with Gasteiger partial charge in [-0.15, -0.1) is 0 Å². The number of nitrogens with one attached hydrogen (secondary N) is 1. The van der Waals surface area contributed by atoms with Gasteiger partial charge in [0.2, 0.25) is 0 Å². The van der Waals surface area contributed by atoms with Crippen molar-refractivity contribution in [3.8, 4) is 0 Å². The molecule has 1 aliphatic carbocycles. The number of hydrogen-bond donors (Lipinski definition) is 1. The van der Waals surface area contributed by atoms with Crippen molar-refractivity contribution in [2.75, 3.05) is 18.1 Å². The maximum absolute atomic E-state index is 11.4. The second-order valence-electron chi connectivity index (χ2n) is 4.86. The SMILES string of the molecule is CCCNC1CCC(CCS(=O)(=O)CC)C1. The van der Waals surface area contributed by atoms with Gasteiger partial charge in [-0.25, -0.2) is 8.42 Å². The summed E-state index contributed by atoms with van der Waals surface area (Å²) in [6.45, 7) is 4.99. The van der Waals surface area contributed by atoms with Gasteiger partial charge in [-0.05, 0) is 44.6 Å². The molecule has 2 atom stereocenters. The summed E-state index contributed by atoms with van der Waals surface area (Å²) >= 11 is 0. The van der Waals surface area contributed by atoms with Gasteiger partial charge in [0.05, 0.1) is 5.75 Å². The molecule has 4 heteroatoms. The maximum Gasteiger partial charge on any atom is 0.150 e. The molecule has 2 unspecified atom stereocenters. The van der Waals surface area contributed by atoms with E-state index in [1.54, 1.807) is 6.92 Å². The first-order chi connectivity index (χ1) is 7.57. The molecule has 1 fully saturated rings. The van der Waals surface area contributed by atoms with Crippen molar-refractivity contribution in [2.45, 2.75) is 52.0 Å².